The van der Waals surface area contributed by atoms with Gasteiger partial charge in [0.15, 0.2) is 0 Å². The summed E-state index contributed by atoms with van der Waals surface area (Å²) in [6.45, 7) is 5.39. The Morgan fingerprint density at radius 2 is 1.65 bits per heavy atom. The summed E-state index contributed by atoms with van der Waals surface area (Å²) >= 11 is 0. The normalized spacial score (nSPS) is 21.2. The molecule has 2 heterocycles. The van der Waals surface area contributed by atoms with Crippen molar-refractivity contribution >= 4 is 11.7 Å². The van der Waals surface area contributed by atoms with Gasteiger partial charge in [0.2, 0.25) is 0 Å². The minimum absolute atomic E-state index is 0.323. The molecule has 0 radical (unpaired) electrons. The lowest BCUT2D eigenvalue weighted by Crippen LogP contribution is -2.52. The van der Waals surface area contributed by atoms with Crippen LogP contribution in [0.3, 0.4) is 0 Å². The summed E-state index contributed by atoms with van der Waals surface area (Å²) in [6.07, 6.45) is -2.80. The van der Waals surface area contributed by atoms with E-state index in [-0.39, 0.29) is 5.56 Å². The summed E-state index contributed by atoms with van der Waals surface area (Å²) in [5, 5.41) is 9.13. The van der Waals surface area contributed by atoms with E-state index in [1.54, 1.807) is 0 Å². The van der Waals surface area contributed by atoms with Crippen molar-refractivity contribution in [3.8, 4) is 0 Å². The summed E-state index contributed by atoms with van der Waals surface area (Å²) in [7, 11) is 2.10. The number of benzene rings is 1. The molecule has 0 aromatic heterocycles. The third-order valence-corrected chi connectivity index (χ3v) is 5.38. The molecule has 26 heavy (non-hydrogen) atoms. The zero-order valence-electron chi connectivity index (χ0n) is 14.8. The number of alkyl halides is 3. The van der Waals surface area contributed by atoms with Crippen LogP contribution in [0.1, 0.15) is 28.8 Å². The van der Waals surface area contributed by atoms with Crippen molar-refractivity contribution in [3.63, 3.8) is 0 Å². The Kier molecular flexibility index (Phi) is 5.43. The fourth-order valence-electron chi connectivity index (χ4n) is 3.76. The molecule has 1 aromatic rings. The Morgan fingerprint density at radius 3 is 2.19 bits per heavy atom. The second-order valence-corrected chi connectivity index (χ2v) is 7.13. The molecule has 0 aliphatic carbocycles. The molecule has 5 nitrogen and oxygen atoms in total. The first-order valence-corrected chi connectivity index (χ1v) is 8.87. The average molecular weight is 371 g/mol. The third kappa shape index (κ3) is 4.29. The molecule has 3 rings (SSSR count). The van der Waals surface area contributed by atoms with Gasteiger partial charge in [0.1, 0.15) is 0 Å². The van der Waals surface area contributed by atoms with Gasteiger partial charge in [0.25, 0.3) is 0 Å². The van der Waals surface area contributed by atoms with Crippen molar-refractivity contribution in [3.05, 3.63) is 29.3 Å². The minimum Gasteiger partial charge on any atom is -0.478 e. The number of carboxylic acid groups (broad SMARTS) is 1. The number of hydrogen-bond donors (Lipinski definition) is 1. The maximum Gasteiger partial charge on any atom is 0.416 e. The van der Waals surface area contributed by atoms with Crippen LogP contribution < -0.4 is 4.90 Å². The standard InChI is InChI=1S/C18H24F3N3O2/c1-22-6-8-24(9-7-22)15-2-4-23(5-3-15)16-11-13(17(25)26)10-14(12-16)18(19,20)21/h10-12,15H,2-9H2,1H3,(H,25,26). The lowest BCUT2D eigenvalue weighted by Gasteiger charge is -2.42. The van der Waals surface area contributed by atoms with E-state index in [4.69, 9.17) is 5.11 Å². The fourth-order valence-corrected chi connectivity index (χ4v) is 3.76. The molecule has 8 heteroatoms. The van der Waals surface area contributed by atoms with E-state index in [2.05, 4.69) is 16.8 Å². The third-order valence-electron chi connectivity index (χ3n) is 5.38. The molecule has 1 aromatic carbocycles. The number of carboxylic acids is 1. The zero-order valence-corrected chi connectivity index (χ0v) is 14.8. The molecular weight excluding hydrogens is 347 g/mol. The largest absolute Gasteiger partial charge is 0.478 e. The summed E-state index contributed by atoms with van der Waals surface area (Å²) in [4.78, 5) is 17.8. The minimum atomic E-state index is -4.56. The number of likely N-dealkylation sites (N-methyl/N-ethyl adjacent to an activating group) is 1. The Bertz CT molecular complexity index is 650. The van der Waals surface area contributed by atoms with Crippen LogP contribution in [0, 0.1) is 0 Å². The van der Waals surface area contributed by atoms with Gasteiger partial charge in [-0.1, -0.05) is 0 Å². The molecule has 1 N–H and O–H groups in total. The van der Waals surface area contributed by atoms with Gasteiger partial charge in [0, 0.05) is 51.0 Å². The topological polar surface area (TPSA) is 47.0 Å². The van der Waals surface area contributed by atoms with Crippen LogP contribution in [-0.2, 0) is 6.18 Å². The maximum atomic E-state index is 13.1. The predicted octanol–water partition coefficient (Wildman–Crippen LogP) is 2.62. The molecule has 144 valence electrons. The molecule has 2 aliphatic rings. The van der Waals surface area contributed by atoms with Gasteiger partial charge < -0.3 is 14.9 Å². The molecule has 0 unspecified atom stereocenters. The monoisotopic (exact) mass is 371 g/mol. The van der Waals surface area contributed by atoms with E-state index in [0.717, 1.165) is 45.1 Å². The van der Waals surface area contributed by atoms with Gasteiger partial charge in [-0.15, -0.1) is 0 Å². The van der Waals surface area contributed by atoms with Crippen molar-refractivity contribution in [1.29, 1.82) is 0 Å². The van der Waals surface area contributed by atoms with E-state index in [1.807, 2.05) is 4.90 Å². The number of aromatic carboxylic acids is 1. The molecule has 0 amide bonds. The molecular formula is C18H24F3N3O2. The molecule has 0 atom stereocenters. The van der Waals surface area contributed by atoms with Crippen LogP contribution in [0.25, 0.3) is 0 Å². The van der Waals surface area contributed by atoms with Crippen LogP contribution >= 0.6 is 0 Å². The fraction of sp³-hybridized carbons (Fsp3) is 0.611. The SMILES string of the molecule is CN1CCN(C2CCN(c3cc(C(=O)O)cc(C(F)(F)F)c3)CC2)CC1. The first-order chi connectivity index (χ1) is 12.2. The van der Waals surface area contributed by atoms with Gasteiger partial charge in [0.05, 0.1) is 11.1 Å². The summed E-state index contributed by atoms with van der Waals surface area (Å²) in [5.74, 6) is -1.34. The molecule has 0 saturated carbocycles. The number of piperazine rings is 1. The molecule has 2 fully saturated rings. The smallest absolute Gasteiger partial charge is 0.416 e. The van der Waals surface area contributed by atoms with E-state index >= 15 is 0 Å². The van der Waals surface area contributed by atoms with Gasteiger partial charge in [-0.2, -0.15) is 13.2 Å². The summed E-state index contributed by atoms with van der Waals surface area (Å²) in [6, 6.07) is 3.55. The highest BCUT2D eigenvalue weighted by Crippen LogP contribution is 2.34. The van der Waals surface area contributed by atoms with Crippen LogP contribution in [0.5, 0.6) is 0 Å². The van der Waals surface area contributed by atoms with Crippen LogP contribution in [0.4, 0.5) is 18.9 Å². The zero-order chi connectivity index (χ0) is 18.9. The second-order valence-electron chi connectivity index (χ2n) is 7.13. The van der Waals surface area contributed by atoms with Gasteiger partial charge >= 0.3 is 12.1 Å². The van der Waals surface area contributed by atoms with Crippen LogP contribution in [-0.4, -0.2) is 73.2 Å². The highest BCUT2D eigenvalue weighted by molar-refractivity contribution is 5.89. The van der Waals surface area contributed by atoms with Crippen LogP contribution in [0.15, 0.2) is 18.2 Å². The summed E-state index contributed by atoms with van der Waals surface area (Å²) < 4.78 is 39.3. The van der Waals surface area contributed by atoms with Crippen LogP contribution in [0.2, 0.25) is 0 Å². The van der Waals surface area contributed by atoms with E-state index in [9.17, 15) is 18.0 Å². The van der Waals surface area contributed by atoms with Gasteiger partial charge in [-0.3, -0.25) is 4.90 Å². The van der Waals surface area contributed by atoms with Gasteiger partial charge in [-0.05, 0) is 38.1 Å². The maximum absolute atomic E-state index is 13.1. The number of anilines is 1. The van der Waals surface area contributed by atoms with Crippen molar-refractivity contribution in [2.45, 2.75) is 25.1 Å². The molecule has 2 saturated heterocycles. The van der Waals surface area contributed by atoms with Crippen molar-refractivity contribution in [1.82, 2.24) is 9.80 Å². The first-order valence-electron chi connectivity index (χ1n) is 8.87. The Balaban J connectivity index is 1.70. The van der Waals surface area contributed by atoms with E-state index in [0.29, 0.717) is 30.9 Å². The van der Waals surface area contributed by atoms with Gasteiger partial charge in [-0.25, -0.2) is 4.79 Å². The average Bonchev–Trinajstić information content (AvgIpc) is 2.61. The van der Waals surface area contributed by atoms with E-state index in [1.165, 1.54) is 6.07 Å². The predicted molar refractivity (Wildman–Crippen MR) is 92.7 cm³/mol. The van der Waals surface area contributed by atoms with E-state index < -0.39 is 17.7 Å². The highest BCUT2D eigenvalue weighted by Gasteiger charge is 2.33. The lowest BCUT2D eigenvalue weighted by atomic mass is 10.0. The van der Waals surface area contributed by atoms with Crippen molar-refractivity contribution in [2.75, 3.05) is 51.2 Å². The molecule has 0 spiro atoms. The van der Waals surface area contributed by atoms with Crippen molar-refractivity contribution < 1.29 is 23.1 Å². The number of carbonyl (C=O) groups is 1. The highest BCUT2D eigenvalue weighted by atomic mass is 19.4. The second kappa shape index (κ2) is 7.44. The quantitative estimate of drug-likeness (QED) is 0.885. The summed E-state index contributed by atoms with van der Waals surface area (Å²) in [5.41, 5.74) is -0.890. The molecule has 0 bridgehead atoms. The number of rotatable bonds is 3. The lowest BCUT2D eigenvalue weighted by molar-refractivity contribution is -0.137. The first kappa shape index (κ1) is 19.0. The number of nitrogens with zero attached hydrogens (tertiary/aromatic N) is 3. The Hall–Kier alpha value is -1.80. The van der Waals surface area contributed by atoms with Crippen molar-refractivity contribution in [2.24, 2.45) is 0 Å². The number of hydrogen-bond acceptors (Lipinski definition) is 4. The Morgan fingerprint density at radius 1 is 1.04 bits per heavy atom. The Labute approximate surface area is 151 Å². The number of halogens is 3. The molecule has 2 aliphatic heterocycles. The number of piperidine rings is 1.